The Morgan fingerprint density at radius 3 is 2.67 bits per heavy atom. The van der Waals surface area contributed by atoms with Gasteiger partial charge < -0.3 is 20.3 Å². The van der Waals surface area contributed by atoms with Crippen molar-refractivity contribution in [1.82, 2.24) is 15.5 Å². The third-order valence-corrected chi connectivity index (χ3v) is 4.36. The average Bonchev–Trinajstić information content (AvgIpc) is 2.83. The van der Waals surface area contributed by atoms with Crippen LogP contribution in [0, 0.1) is 5.41 Å². The van der Waals surface area contributed by atoms with Crippen LogP contribution in [0.4, 0.5) is 0 Å². The summed E-state index contributed by atoms with van der Waals surface area (Å²) in [7, 11) is 1.78. The molecule has 6 nitrogen and oxygen atoms in total. The van der Waals surface area contributed by atoms with E-state index >= 15 is 0 Å². The van der Waals surface area contributed by atoms with Gasteiger partial charge in [-0.15, -0.1) is 0 Å². The van der Waals surface area contributed by atoms with E-state index in [9.17, 15) is 4.79 Å². The zero-order valence-corrected chi connectivity index (χ0v) is 13.4. The molecular formula is C15H28N4O2. The number of nitrogens with one attached hydrogen (secondary N) is 2. The first-order valence-electron chi connectivity index (χ1n) is 7.87. The monoisotopic (exact) mass is 296 g/mol. The molecule has 2 aliphatic heterocycles. The summed E-state index contributed by atoms with van der Waals surface area (Å²) in [4.78, 5) is 18.3. The van der Waals surface area contributed by atoms with Crippen molar-refractivity contribution in [1.29, 1.82) is 0 Å². The summed E-state index contributed by atoms with van der Waals surface area (Å²) >= 11 is 0. The number of aliphatic imine (C=N–C) groups is 1. The SMILES string of the molecule is CN=C(NCC(=O)NC(C)C)N1CCC2(CCOCC2)C1. The molecule has 1 spiro atoms. The van der Waals surface area contributed by atoms with Gasteiger partial charge in [-0.1, -0.05) is 0 Å². The number of likely N-dealkylation sites (tertiary alicyclic amines) is 1. The standard InChI is InChI=1S/C15H28N4O2/c1-12(2)18-13(20)10-17-14(16-3)19-7-4-15(11-19)5-8-21-9-6-15/h12H,4-11H2,1-3H3,(H,16,17)(H,18,20). The molecule has 2 heterocycles. The Morgan fingerprint density at radius 1 is 1.33 bits per heavy atom. The van der Waals surface area contributed by atoms with Crippen LogP contribution in [0.2, 0.25) is 0 Å². The van der Waals surface area contributed by atoms with Crippen molar-refractivity contribution >= 4 is 11.9 Å². The van der Waals surface area contributed by atoms with Crippen molar-refractivity contribution in [2.75, 3.05) is 39.9 Å². The van der Waals surface area contributed by atoms with E-state index in [1.807, 2.05) is 13.8 Å². The van der Waals surface area contributed by atoms with Crippen LogP contribution in [0.5, 0.6) is 0 Å². The van der Waals surface area contributed by atoms with Gasteiger partial charge >= 0.3 is 0 Å². The number of guanidine groups is 1. The van der Waals surface area contributed by atoms with E-state index in [1.54, 1.807) is 7.05 Å². The predicted octanol–water partition coefficient (Wildman–Crippen LogP) is 0.589. The molecule has 2 aliphatic rings. The van der Waals surface area contributed by atoms with Gasteiger partial charge in [0.25, 0.3) is 0 Å². The molecule has 2 saturated heterocycles. The van der Waals surface area contributed by atoms with E-state index in [-0.39, 0.29) is 18.5 Å². The number of rotatable bonds is 3. The van der Waals surface area contributed by atoms with Crippen LogP contribution in [-0.2, 0) is 9.53 Å². The Labute approximate surface area is 127 Å². The summed E-state index contributed by atoms with van der Waals surface area (Å²) in [5, 5.41) is 6.05. The minimum atomic E-state index is 0.00567. The molecule has 2 fully saturated rings. The Kier molecular flexibility index (Phi) is 5.45. The maximum Gasteiger partial charge on any atom is 0.239 e. The molecule has 120 valence electrons. The van der Waals surface area contributed by atoms with Crippen LogP contribution in [0.1, 0.15) is 33.1 Å². The van der Waals surface area contributed by atoms with Crippen molar-refractivity contribution < 1.29 is 9.53 Å². The number of hydrogen-bond acceptors (Lipinski definition) is 3. The van der Waals surface area contributed by atoms with E-state index in [4.69, 9.17) is 4.74 Å². The second-order valence-electron chi connectivity index (χ2n) is 6.41. The summed E-state index contributed by atoms with van der Waals surface area (Å²) in [6, 6.07) is 0.165. The molecule has 0 radical (unpaired) electrons. The fourth-order valence-corrected chi connectivity index (χ4v) is 3.19. The highest BCUT2D eigenvalue weighted by Gasteiger charge is 2.40. The summed E-state index contributed by atoms with van der Waals surface area (Å²) in [5.41, 5.74) is 0.385. The van der Waals surface area contributed by atoms with Crippen LogP contribution >= 0.6 is 0 Å². The highest BCUT2D eigenvalue weighted by Crippen LogP contribution is 2.39. The van der Waals surface area contributed by atoms with Crippen molar-refractivity contribution in [3.8, 4) is 0 Å². The lowest BCUT2D eigenvalue weighted by molar-refractivity contribution is -0.120. The van der Waals surface area contributed by atoms with E-state index < -0.39 is 0 Å². The molecular weight excluding hydrogens is 268 g/mol. The molecule has 6 heteroatoms. The summed E-state index contributed by atoms with van der Waals surface area (Å²) < 4.78 is 5.48. The third-order valence-electron chi connectivity index (χ3n) is 4.36. The first-order valence-corrected chi connectivity index (χ1v) is 7.87. The first kappa shape index (κ1) is 16.1. The van der Waals surface area contributed by atoms with E-state index in [0.29, 0.717) is 5.41 Å². The molecule has 2 rings (SSSR count). The minimum Gasteiger partial charge on any atom is -0.381 e. The molecule has 0 atom stereocenters. The normalized spacial score (nSPS) is 21.9. The lowest BCUT2D eigenvalue weighted by Gasteiger charge is -2.33. The maximum absolute atomic E-state index is 11.7. The van der Waals surface area contributed by atoms with Crippen molar-refractivity contribution in [2.24, 2.45) is 10.4 Å². The molecule has 0 aliphatic carbocycles. The smallest absolute Gasteiger partial charge is 0.239 e. The van der Waals surface area contributed by atoms with E-state index in [0.717, 1.165) is 45.1 Å². The number of amides is 1. The lowest BCUT2D eigenvalue weighted by Crippen LogP contribution is -2.46. The van der Waals surface area contributed by atoms with Gasteiger partial charge in [0.15, 0.2) is 5.96 Å². The highest BCUT2D eigenvalue weighted by molar-refractivity contribution is 5.86. The predicted molar refractivity (Wildman–Crippen MR) is 83.3 cm³/mol. The van der Waals surface area contributed by atoms with Crippen LogP contribution in [0.25, 0.3) is 0 Å². The van der Waals surface area contributed by atoms with E-state index in [2.05, 4.69) is 20.5 Å². The zero-order chi connectivity index (χ0) is 15.3. The van der Waals surface area contributed by atoms with Gasteiger partial charge in [-0.05, 0) is 38.5 Å². The molecule has 1 amide bonds. The van der Waals surface area contributed by atoms with Gasteiger partial charge in [-0.25, -0.2) is 0 Å². The molecule has 21 heavy (non-hydrogen) atoms. The lowest BCUT2D eigenvalue weighted by atomic mass is 9.80. The van der Waals surface area contributed by atoms with Crippen LogP contribution in [-0.4, -0.2) is 62.7 Å². The number of nitrogens with zero attached hydrogens (tertiary/aromatic N) is 2. The molecule has 0 saturated carbocycles. The second kappa shape index (κ2) is 7.11. The van der Waals surface area contributed by atoms with Gasteiger partial charge in [0.2, 0.25) is 5.91 Å². The maximum atomic E-state index is 11.7. The van der Waals surface area contributed by atoms with Gasteiger partial charge in [0.05, 0.1) is 6.54 Å². The molecule has 0 aromatic carbocycles. The van der Waals surface area contributed by atoms with Gasteiger partial charge in [-0.3, -0.25) is 9.79 Å². The fraction of sp³-hybridized carbons (Fsp3) is 0.867. The molecule has 0 aromatic rings. The van der Waals surface area contributed by atoms with Gasteiger partial charge in [0, 0.05) is 39.4 Å². The topological polar surface area (TPSA) is 66.0 Å². The Balaban J connectivity index is 1.83. The summed E-state index contributed by atoms with van der Waals surface area (Å²) in [6.45, 7) is 7.96. The second-order valence-corrected chi connectivity index (χ2v) is 6.41. The van der Waals surface area contributed by atoms with Gasteiger partial charge in [-0.2, -0.15) is 0 Å². The quantitative estimate of drug-likeness (QED) is 0.591. The average molecular weight is 296 g/mol. The molecule has 2 N–H and O–H groups in total. The van der Waals surface area contributed by atoms with Crippen LogP contribution in [0.15, 0.2) is 4.99 Å². The van der Waals surface area contributed by atoms with Crippen molar-refractivity contribution in [3.63, 3.8) is 0 Å². The first-order chi connectivity index (χ1) is 10.0. The Bertz CT molecular complexity index is 389. The molecule has 0 unspecified atom stereocenters. The van der Waals surface area contributed by atoms with Crippen molar-refractivity contribution in [3.05, 3.63) is 0 Å². The van der Waals surface area contributed by atoms with Crippen molar-refractivity contribution in [2.45, 2.75) is 39.2 Å². The number of hydrogen-bond donors (Lipinski definition) is 2. The minimum absolute atomic E-state index is 0.00567. The van der Waals surface area contributed by atoms with Crippen LogP contribution in [0.3, 0.4) is 0 Å². The zero-order valence-electron chi connectivity index (χ0n) is 13.4. The molecule has 0 aromatic heterocycles. The fourth-order valence-electron chi connectivity index (χ4n) is 3.19. The Morgan fingerprint density at radius 2 is 2.05 bits per heavy atom. The third kappa shape index (κ3) is 4.33. The van der Waals surface area contributed by atoms with Gasteiger partial charge in [0.1, 0.15) is 0 Å². The number of carbonyl (C=O) groups excluding carboxylic acids is 1. The largest absolute Gasteiger partial charge is 0.381 e. The number of carbonyl (C=O) groups is 1. The summed E-state index contributed by atoms with van der Waals surface area (Å²) in [6.07, 6.45) is 3.46. The highest BCUT2D eigenvalue weighted by atomic mass is 16.5. The van der Waals surface area contributed by atoms with E-state index in [1.165, 1.54) is 6.42 Å². The Hall–Kier alpha value is -1.30. The van der Waals surface area contributed by atoms with Crippen LogP contribution < -0.4 is 10.6 Å². The molecule has 0 bridgehead atoms. The summed E-state index contributed by atoms with van der Waals surface area (Å²) in [5.74, 6) is 0.836. The number of ether oxygens (including phenoxy) is 1.